The highest BCUT2D eigenvalue weighted by atomic mass is 79.9. The van der Waals surface area contributed by atoms with E-state index in [0.29, 0.717) is 21.7 Å². The second-order valence-corrected chi connectivity index (χ2v) is 4.24. The van der Waals surface area contributed by atoms with Crippen LogP contribution in [0.15, 0.2) is 41.1 Å². The van der Waals surface area contributed by atoms with Gasteiger partial charge in [0.05, 0.1) is 27.3 Å². The van der Waals surface area contributed by atoms with Gasteiger partial charge >= 0.3 is 0 Å². The average molecular weight is 310 g/mol. The largest absolute Gasteiger partial charge is 0.454 e. The summed E-state index contributed by atoms with van der Waals surface area (Å²) in [6.45, 7) is 0. The summed E-state index contributed by atoms with van der Waals surface area (Å²) in [5.74, 6) is 0.716. The lowest BCUT2D eigenvalue weighted by Gasteiger charge is -2.09. The molecule has 0 atom stereocenters. The molecule has 0 amide bonds. The van der Waals surface area contributed by atoms with E-state index in [1.165, 1.54) is 24.5 Å². The Bertz CT molecular complexity index is 604. The number of nitrogen functional groups attached to an aromatic ring is 1. The minimum atomic E-state index is -0.491. The lowest BCUT2D eigenvalue weighted by molar-refractivity contribution is -0.384. The Kier molecular flexibility index (Phi) is 3.42. The van der Waals surface area contributed by atoms with Gasteiger partial charge in [-0.3, -0.25) is 15.1 Å². The molecule has 18 heavy (non-hydrogen) atoms. The molecule has 0 unspecified atom stereocenters. The topological polar surface area (TPSA) is 91.3 Å². The maximum Gasteiger partial charge on any atom is 0.273 e. The van der Waals surface area contributed by atoms with Crippen LogP contribution >= 0.6 is 15.9 Å². The molecule has 0 bridgehead atoms. The molecule has 1 aromatic carbocycles. The molecule has 0 fully saturated rings. The Balaban J connectivity index is 2.37. The molecule has 0 radical (unpaired) electrons. The van der Waals surface area contributed by atoms with Crippen LogP contribution in [0.4, 0.5) is 11.4 Å². The third kappa shape index (κ3) is 2.57. The molecule has 92 valence electrons. The number of hydrogen-bond donors (Lipinski definition) is 1. The van der Waals surface area contributed by atoms with Crippen molar-refractivity contribution >= 4 is 27.3 Å². The minimum absolute atomic E-state index is 0.0548. The van der Waals surface area contributed by atoms with Crippen LogP contribution in [-0.2, 0) is 0 Å². The van der Waals surface area contributed by atoms with Crippen LogP contribution in [0.5, 0.6) is 11.5 Å². The molecule has 0 saturated heterocycles. The third-order valence-electron chi connectivity index (χ3n) is 2.16. The number of rotatable bonds is 3. The first-order valence-electron chi connectivity index (χ1n) is 4.89. The van der Waals surface area contributed by atoms with Gasteiger partial charge < -0.3 is 10.5 Å². The number of nitro groups is 1. The van der Waals surface area contributed by atoms with E-state index in [4.69, 9.17) is 10.5 Å². The lowest BCUT2D eigenvalue weighted by Crippen LogP contribution is -1.94. The van der Waals surface area contributed by atoms with Crippen LogP contribution in [0.25, 0.3) is 0 Å². The number of aromatic nitrogens is 1. The number of pyridine rings is 1. The smallest absolute Gasteiger partial charge is 0.273 e. The number of anilines is 1. The monoisotopic (exact) mass is 309 g/mol. The van der Waals surface area contributed by atoms with Crippen molar-refractivity contribution in [3.8, 4) is 11.5 Å². The van der Waals surface area contributed by atoms with Gasteiger partial charge in [0.25, 0.3) is 5.69 Å². The normalized spacial score (nSPS) is 10.1. The molecule has 1 aromatic heterocycles. The molecule has 2 rings (SSSR count). The molecule has 7 heteroatoms. The fraction of sp³-hybridized carbons (Fsp3) is 0. The molecule has 2 N–H and O–H groups in total. The maximum absolute atomic E-state index is 10.7. The quantitative estimate of drug-likeness (QED) is 0.694. The Hall–Kier alpha value is -2.15. The molecular formula is C11H8BrN3O3. The minimum Gasteiger partial charge on any atom is -0.454 e. The zero-order valence-electron chi connectivity index (χ0n) is 9.04. The molecule has 1 heterocycles. The van der Waals surface area contributed by atoms with Gasteiger partial charge in [-0.05, 0) is 22.0 Å². The summed E-state index contributed by atoms with van der Waals surface area (Å²) in [6, 6.07) is 5.84. The van der Waals surface area contributed by atoms with Crippen LogP contribution in [0, 0.1) is 10.1 Å². The number of hydrogen-bond acceptors (Lipinski definition) is 5. The molecule has 0 saturated carbocycles. The van der Waals surface area contributed by atoms with Gasteiger partial charge in [0.15, 0.2) is 5.75 Å². The van der Waals surface area contributed by atoms with Gasteiger partial charge in [-0.15, -0.1) is 0 Å². The van der Waals surface area contributed by atoms with Crippen molar-refractivity contribution in [2.75, 3.05) is 5.73 Å². The highest BCUT2D eigenvalue weighted by Gasteiger charge is 2.12. The summed E-state index contributed by atoms with van der Waals surface area (Å²) in [6.07, 6.45) is 2.97. The predicted molar refractivity (Wildman–Crippen MR) is 69.5 cm³/mol. The molecule has 0 aliphatic heterocycles. The van der Waals surface area contributed by atoms with E-state index in [9.17, 15) is 10.1 Å². The van der Waals surface area contributed by atoms with Gasteiger partial charge in [0, 0.05) is 18.3 Å². The average Bonchev–Trinajstić information content (AvgIpc) is 2.34. The summed E-state index contributed by atoms with van der Waals surface area (Å²) in [5.41, 5.74) is 5.98. The van der Waals surface area contributed by atoms with Crippen molar-refractivity contribution in [3.05, 3.63) is 51.2 Å². The number of ether oxygens (including phenoxy) is 1. The fourth-order valence-corrected chi connectivity index (χ4v) is 1.62. The summed E-state index contributed by atoms with van der Waals surface area (Å²) in [4.78, 5) is 14.0. The second kappa shape index (κ2) is 5.01. The molecule has 0 spiro atoms. The number of nitrogens with two attached hydrogens (primary N) is 1. The van der Waals surface area contributed by atoms with Crippen LogP contribution in [0.3, 0.4) is 0 Å². The van der Waals surface area contributed by atoms with E-state index < -0.39 is 4.92 Å². The highest BCUT2D eigenvalue weighted by molar-refractivity contribution is 9.10. The Labute approximate surface area is 111 Å². The van der Waals surface area contributed by atoms with Crippen molar-refractivity contribution in [2.45, 2.75) is 0 Å². The molecule has 0 aliphatic rings. The first-order valence-corrected chi connectivity index (χ1v) is 5.68. The van der Waals surface area contributed by atoms with E-state index in [0.717, 1.165) is 0 Å². The Morgan fingerprint density at radius 3 is 2.78 bits per heavy atom. The van der Waals surface area contributed by atoms with Gasteiger partial charge in [-0.25, -0.2) is 0 Å². The summed E-state index contributed by atoms with van der Waals surface area (Å²) in [5, 5.41) is 10.7. The third-order valence-corrected chi connectivity index (χ3v) is 2.81. The zero-order chi connectivity index (χ0) is 13.1. The molecular weight excluding hydrogens is 302 g/mol. The Morgan fingerprint density at radius 2 is 2.11 bits per heavy atom. The summed E-state index contributed by atoms with van der Waals surface area (Å²) in [7, 11) is 0. The highest BCUT2D eigenvalue weighted by Crippen LogP contribution is 2.34. The van der Waals surface area contributed by atoms with Crippen molar-refractivity contribution in [1.29, 1.82) is 0 Å². The van der Waals surface area contributed by atoms with Crippen LogP contribution in [-0.4, -0.2) is 9.91 Å². The maximum atomic E-state index is 10.7. The summed E-state index contributed by atoms with van der Waals surface area (Å²) < 4.78 is 6.12. The number of non-ortho nitro benzene ring substituents is 1. The molecule has 6 nitrogen and oxygen atoms in total. The van der Waals surface area contributed by atoms with E-state index in [1.54, 1.807) is 12.1 Å². The van der Waals surface area contributed by atoms with E-state index in [1.807, 2.05) is 0 Å². The lowest BCUT2D eigenvalue weighted by atomic mass is 10.3. The Morgan fingerprint density at radius 1 is 1.33 bits per heavy atom. The zero-order valence-corrected chi connectivity index (χ0v) is 10.6. The second-order valence-electron chi connectivity index (χ2n) is 3.39. The number of benzene rings is 1. The van der Waals surface area contributed by atoms with Crippen molar-refractivity contribution < 1.29 is 9.66 Å². The van der Waals surface area contributed by atoms with Crippen molar-refractivity contribution in [3.63, 3.8) is 0 Å². The number of nitro benzene ring substituents is 1. The van der Waals surface area contributed by atoms with Crippen LogP contribution < -0.4 is 10.5 Å². The summed E-state index contributed by atoms with van der Waals surface area (Å²) >= 11 is 3.26. The van der Waals surface area contributed by atoms with E-state index >= 15 is 0 Å². The van der Waals surface area contributed by atoms with E-state index in [2.05, 4.69) is 20.9 Å². The fourth-order valence-electron chi connectivity index (χ4n) is 1.29. The van der Waals surface area contributed by atoms with Crippen LogP contribution in [0.1, 0.15) is 0 Å². The SMILES string of the molecule is Nc1cnccc1Oc1cc([N+](=O)[O-])ccc1Br. The van der Waals surface area contributed by atoms with Gasteiger partial charge in [-0.2, -0.15) is 0 Å². The van der Waals surface area contributed by atoms with Crippen LogP contribution in [0.2, 0.25) is 0 Å². The van der Waals surface area contributed by atoms with Crippen molar-refractivity contribution in [2.24, 2.45) is 0 Å². The van der Waals surface area contributed by atoms with Crippen molar-refractivity contribution in [1.82, 2.24) is 4.98 Å². The molecule has 2 aromatic rings. The standard InChI is InChI=1S/C11H8BrN3O3/c12-8-2-1-7(15(16)17)5-11(8)18-10-3-4-14-6-9(10)13/h1-6H,13H2. The number of nitrogens with zero attached hydrogens (tertiary/aromatic N) is 2. The van der Waals surface area contributed by atoms with Gasteiger partial charge in [0.2, 0.25) is 0 Å². The van der Waals surface area contributed by atoms with Gasteiger partial charge in [0.1, 0.15) is 5.75 Å². The predicted octanol–water partition coefficient (Wildman–Crippen LogP) is 3.13. The molecule has 0 aliphatic carbocycles. The number of halogens is 1. The first kappa shape index (κ1) is 12.3. The first-order chi connectivity index (χ1) is 8.58. The van der Waals surface area contributed by atoms with E-state index in [-0.39, 0.29) is 5.69 Å². The van der Waals surface area contributed by atoms with Gasteiger partial charge in [-0.1, -0.05) is 0 Å².